The van der Waals surface area contributed by atoms with E-state index in [4.69, 9.17) is 9.88 Å². The van der Waals surface area contributed by atoms with Crippen molar-refractivity contribution in [1.82, 2.24) is 14.5 Å². The number of methoxy groups -OCH3 is 1. The number of carbonyl (C=O) groups excluding carboxylic acids is 1. The van der Waals surface area contributed by atoms with Crippen LogP contribution >= 0.6 is 0 Å². The molecule has 2 heterocycles. The topological polar surface area (TPSA) is 130 Å². The number of nitrogens with zero attached hydrogens (tertiary/aromatic N) is 2. The lowest BCUT2D eigenvalue weighted by molar-refractivity contribution is 0.102. The molecule has 4 N–H and O–H groups in total. The predicted molar refractivity (Wildman–Crippen MR) is 81.9 cm³/mol. The van der Waals surface area contributed by atoms with Crippen LogP contribution in [0.2, 0.25) is 0 Å². The molecule has 0 saturated heterocycles. The lowest BCUT2D eigenvalue weighted by atomic mass is 10.2. The molecule has 0 bridgehead atoms. The Labute approximate surface area is 132 Å². The monoisotopic (exact) mass is 337 g/mol. The standard InChI is InChI=1S/C13H15N5O4S/c1-22-11-5-3-2-4-8(11)13(19)15-12-9-6-18(23(14,20)21)7-10(9)16-17-12/h2-5H,6-7H2,1H3,(H2,14,20,21)(H2,15,16,17,19). The second-order valence-corrected chi connectivity index (χ2v) is 6.54. The number of aromatic nitrogens is 2. The smallest absolute Gasteiger partial charge is 0.277 e. The minimum atomic E-state index is -3.80. The summed E-state index contributed by atoms with van der Waals surface area (Å²) < 4.78 is 29.0. The minimum absolute atomic E-state index is 0.0617. The Kier molecular flexibility index (Phi) is 3.80. The van der Waals surface area contributed by atoms with E-state index >= 15 is 0 Å². The van der Waals surface area contributed by atoms with Gasteiger partial charge in [0.1, 0.15) is 11.6 Å². The molecule has 23 heavy (non-hydrogen) atoms. The van der Waals surface area contributed by atoms with Gasteiger partial charge >= 0.3 is 0 Å². The van der Waals surface area contributed by atoms with Crippen LogP contribution in [0.1, 0.15) is 21.6 Å². The molecule has 0 atom stereocenters. The van der Waals surface area contributed by atoms with E-state index in [0.717, 1.165) is 4.31 Å². The van der Waals surface area contributed by atoms with Gasteiger partial charge in [-0.3, -0.25) is 9.89 Å². The van der Waals surface area contributed by atoms with E-state index in [1.54, 1.807) is 24.3 Å². The van der Waals surface area contributed by atoms with Gasteiger partial charge in [0.15, 0.2) is 0 Å². The zero-order chi connectivity index (χ0) is 16.6. The number of hydrogen-bond acceptors (Lipinski definition) is 5. The molecule has 1 aliphatic rings. The number of carbonyl (C=O) groups is 1. The highest BCUT2D eigenvalue weighted by atomic mass is 32.2. The first-order chi connectivity index (χ1) is 10.9. The number of hydrogen-bond donors (Lipinski definition) is 3. The molecular weight excluding hydrogens is 322 g/mol. The Bertz CT molecular complexity index is 861. The molecule has 10 heteroatoms. The lowest BCUT2D eigenvalue weighted by Gasteiger charge is -2.12. The van der Waals surface area contributed by atoms with Gasteiger partial charge in [0.2, 0.25) is 0 Å². The fourth-order valence-corrected chi connectivity index (χ4v) is 3.01. The molecule has 9 nitrogen and oxygen atoms in total. The quantitative estimate of drug-likeness (QED) is 0.733. The summed E-state index contributed by atoms with van der Waals surface area (Å²) in [6.07, 6.45) is 0. The SMILES string of the molecule is COc1ccccc1C(=O)Nc1[nH]nc2c1CN(S(N)(=O)=O)C2. The van der Waals surface area contributed by atoms with Crippen LogP contribution in [0.25, 0.3) is 0 Å². The van der Waals surface area contributed by atoms with Gasteiger partial charge in [-0.2, -0.15) is 17.8 Å². The van der Waals surface area contributed by atoms with Crippen molar-refractivity contribution in [2.24, 2.45) is 5.14 Å². The zero-order valence-electron chi connectivity index (χ0n) is 12.2. The largest absolute Gasteiger partial charge is 0.496 e. The molecule has 0 radical (unpaired) electrons. The Balaban J connectivity index is 1.83. The van der Waals surface area contributed by atoms with Gasteiger partial charge in [-0.1, -0.05) is 12.1 Å². The van der Waals surface area contributed by atoms with Gasteiger partial charge in [-0.05, 0) is 12.1 Å². The second-order valence-electron chi connectivity index (χ2n) is 4.99. The molecule has 1 amide bonds. The van der Waals surface area contributed by atoms with Crippen molar-refractivity contribution >= 4 is 21.9 Å². The van der Waals surface area contributed by atoms with Crippen LogP contribution in [0.4, 0.5) is 5.82 Å². The van der Waals surface area contributed by atoms with Crippen LogP contribution < -0.4 is 15.2 Å². The van der Waals surface area contributed by atoms with Gasteiger partial charge < -0.3 is 10.1 Å². The molecule has 0 saturated carbocycles. The van der Waals surface area contributed by atoms with E-state index in [2.05, 4.69) is 15.5 Å². The first kappa shape index (κ1) is 15.5. The number of amides is 1. The van der Waals surface area contributed by atoms with Gasteiger partial charge in [0, 0.05) is 12.1 Å². The van der Waals surface area contributed by atoms with Gasteiger partial charge in [0.25, 0.3) is 16.1 Å². The molecule has 0 fully saturated rings. The Morgan fingerprint density at radius 3 is 2.83 bits per heavy atom. The van der Waals surface area contributed by atoms with E-state index < -0.39 is 10.2 Å². The highest BCUT2D eigenvalue weighted by molar-refractivity contribution is 7.86. The van der Waals surface area contributed by atoms with Crippen LogP contribution in [-0.4, -0.2) is 35.9 Å². The number of H-pyrrole nitrogens is 1. The molecule has 1 aromatic carbocycles. The summed E-state index contributed by atoms with van der Waals surface area (Å²) in [6, 6.07) is 6.78. The highest BCUT2D eigenvalue weighted by Crippen LogP contribution is 2.29. The van der Waals surface area contributed by atoms with Crippen LogP contribution in [-0.2, 0) is 23.3 Å². The molecule has 1 aromatic heterocycles. The summed E-state index contributed by atoms with van der Waals surface area (Å²) >= 11 is 0. The fraction of sp³-hybridized carbons (Fsp3) is 0.231. The summed E-state index contributed by atoms with van der Waals surface area (Å²) in [4.78, 5) is 12.4. The first-order valence-corrected chi connectivity index (χ1v) is 8.19. The molecule has 122 valence electrons. The van der Waals surface area contributed by atoms with Crippen molar-refractivity contribution in [3.8, 4) is 5.75 Å². The van der Waals surface area contributed by atoms with Crippen molar-refractivity contribution < 1.29 is 17.9 Å². The van der Waals surface area contributed by atoms with Crippen LogP contribution in [0.15, 0.2) is 24.3 Å². The van der Waals surface area contributed by atoms with E-state index in [9.17, 15) is 13.2 Å². The van der Waals surface area contributed by atoms with Crippen molar-refractivity contribution in [3.05, 3.63) is 41.1 Å². The lowest BCUT2D eigenvalue weighted by Crippen LogP contribution is -2.32. The van der Waals surface area contributed by atoms with E-state index in [-0.39, 0.29) is 19.0 Å². The molecule has 2 aromatic rings. The number of rotatable bonds is 4. The van der Waals surface area contributed by atoms with E-state index in [0.29, 0.717) is 28.4 Å². The van der Waals surface area contributed by atoms with Crippen LogP contribution in [0.5, 0.6) is 5.75 Å². The minimum Gasteiger partial charge on any atom is -0.496 e. The molecule has 0 spiro atoms. The summed E-state index contributed by atoms with van der Waals surface area (Å²) in [5.74, 6) is 0.400. The number of benzene rings is 1. The highest BCUT2D eigenvalue weighted by Gasteiger charge is 2.31. The zero-order valence-corrected chi connectivity index (χ0v) is 13.1. The van der Waals surface area contributed by atoms with Gasteiger partial charge in [-0.25, -0.2) is 5.14 Å². The van der Waals surface area contributed by atoms with Crippen molar-refractivity contribution in [3.63, 3.8) is 0 Å². The van der Waals surface area contributed by atoms with E-state index in [1.807, 2.05) is 0 Å². The normalized spacial score (nSPS) is 14.5. The third-order valence-electron chi connectivity index (χ3n) is 3.56. The average molecular weight is 337 g/mol. The first-order valence-electron chi connectivity index (χ1n) is 6.68. The number of para-hydroxylation sites is 1. The summed E-state index contributed by atoms with van der Waals surface area (Å²) in [7, 11) is -2.33. The molecular formula is C13H15N5O4S. The fourth-order valence-electron chi connectivity index (χ4n) is 2.40. The molecule has 0 unspecified atom stereocenters. The maximum Gasteiger partial charge on any atom is 0.277 e. The molecule has 3 rings (SSSR count). The number of nitrogens with one attached hydrogen (secondary N) is 2. The number of nitrogens with two attached hydrogens (primary N) is 1. The van der Waals surface area contributed by atoms with Crippen LogP contribution in [0.3, 0.4) is 0 Å². The third kappa shape index (κ3) is 2.91. The van der Waals surface area contributed by atoms with Gasteiger partial charge in [-0.15, -0.1) is 0 Å². The Morgan fingerprint density at radius 1 is 1.39 bits per heavy atom. The second kappa shape index (κ2) is 5.65. The third-order valence-corrected chi connectivity index (χ3v) is 4.54. The summed E-state index contributed by atoms with van der Waals surface area (Å²) in [6.45, 7) is 0.140. The number of ether oxygens (including phenoxy) is 1. The summed E-state index contributed by atoms with van der Waals surface area (Å²) in [5, 5.41) is 14.5. The van der Waals surface area contributed by atoms with Gasteiger partial charge in [0.05, 0.1) is 24.9 Å². The maximum absolute atomic E-state index is 12.4. The van der Waals surface area contributed by atoms with E-state index in [1.165, 1.54) is 7.11 Å². The van der Waals surface area contributed by atoms with Crippen molar-refractivity contribution in [1.29, 1.82) is 0 Å². The maximum atomic E-state index is 12.4. The Morgan fingerprint density at radius 2 is 2.13 bits per heavy atom. The Hall–Kier alpha value is -2.43. The van der Waals surface area contributed by atoms with Crippen molar-refractivity contribution in [2.75, 3.05) is 12.4 Å². The average Bonchev–Trinajstić information content (AvgIpc) is 3.09. The number of anilines is 1. The number of aromatic amines is 1. The molecule has 1 aliphatic heterocycles. The van der Waals surface area contributed by atoms with Crippen LogP contribution in [0, 0.1) is 0 Å². The van der Waals surface area contributed by atoms with Crippen molar-refractivity contribution in [2.45, 2.75) is 13.1 Å². The summed E-state index contributed by atoms with van der Waals surface area (Å²) in [5.41, 5.74) is 1.50. The predicted octanol–water partition coefficient (Wildman–Crippen LogP) is 0.190. The molecule has 0 aliphatic carbocycles. The number of fused-ring (bicyclic) bond motifs is 1.